The Labute approximate surface area is 204 Å². The number of rotatable bonds is 7. The molecule has 6 aliphatic rings. The molecule has 4 aliphatic carbocycles. The normalized spacial score (nSPS) is 33.8. The van der Waals surface area contributed by atoms with Gasteiger partial charge in [-0.25, -0.2) is 4.79 Å². The number of carbonyl (C=O) groups excluding carboxylic acids is 1. The van der Waals surface area contributed by atoms with Gasteiger partial charge in [0.15, 0.2) is 11.5 Å². The maximum Gasteiger partial charge on any atom is 0.318 e. The first-order valence-electron chi connectivity index (χ1n) is 13.7. The zero-order valence-electron chi connectivity index (χ0n) is 20.8. The average Bonchev–Trinajstić information content (AvgIpc) is 3.26. The van der Waals surface area contributed by atoms with E-state index < -0.39 is 0 Å². The molecule has 6 heteroatoms. The van der Waals surface area contributed by atoms with E-state index in [0.29, 0.717) is 12.6 Å². The maximum atomic E-state index is 13.8. The molecule has 0 aromatic heterocycles. The van der Waals surface area contributed by atoms with Gasteiger partial charge in [-0.1, -0.05) is 12.5 Å². The summed E-state index contributed by atoms with van der Waals surface area (Å²) in [5.41, 5.74) is 1.15. The van der Waals surface area contributed by atoms with Crippen molar-refractivity contribution in [2.24, 2.45) is 17.8 Å². The SMILES string of the molecule is CC1CCCCN1CCCN(Cc1ccc2c(c1)OCO2)C(=O)NC12CC3CC(CC(C3)C1)C2. The standard InChI is InChI=1S/C28H41N3O3/c1-20-5-2-3-8-30(20)9-4-10-31(18-21-6-7-25-26(14-21)34-19-33-25)27(32)29-28-15-22-11-23(16-28)13-24(12-22)17-28/h6-7,14,20,22-24H,2-5,8-13,15-19H2,1H3,(H,29,32). The molecule has 4 saturated carbocycles. The molecule has 2 heterocycles. The molecule has 0 radical (unpaired) electrons. The molecule has 186 valence electrons. The molecule has 7 rings (SSSR count). The molecular formula is C28H41N3O3. The second kappa shape index (κ2) is 9.25. The van der Waals surface area contributed by atoms with Gasteiger partial charge in [0, 0.05) is 31.2 Å². The summed E-state index contributed by atoms with van der Waals surface area (Å²) in [5, 5.41) is 3.61. The van der Waals surface area contributed by atoms with Crippen LogP contribution in [0.3, 0.4) is 0 Å². The summed E-state index contributed by atoms with van der Waals surface area (Å²) in [4.78, 5) is 18.4. The van der Waals surface area contributed by atoms with Crippen molar-refractivity contribution < 1.29 is 14.3 Å². The van der Waals surface area contributed by atoms with Crippen LogP contribution in [0.2, 0.25) is 0 Å². The van der Waals surface area contributed by atoms with Gasteiger partial charge in [-0.15, -0.1) is 0 Å². The molecule has 34 heavy (non-hydrogen) atoms. The van der Waals surface area contributed by atoms with Crippen molar-refractivity contribution in [3.63, 3.8) is 0 Å². The summed E-state index contributed by atoms with van der Waals surface area (Å²) in [6.45, 7) is 6.30. The van der Waals surface area contributed by atoms with Gasteiger partial charge in [-0.05, 0) is 107 Å². The van der Waals surface area contributed by atoms with E-state index in [1.54, 1.807) is 0 Å². The van der Waals surface area contributed by atoms with Crippen LogP contribution >= 0.6 is 0 Å². The lowest BCUT2D eigenvalue weighted by Gasteiger charge is -2.57. The van der Waals surface area contributed by atoms with Crippen molar-refractivity contribution in [3.05, 3.63) is 23.8 Å². The molecule has 0 spiro atoms. The monoisotopic (exact) mass is 467 g/mol. The Morgan fingerprint density at radius 1 is 1.09 bits per heavy atom. The van der Waals surface area contributed by atoms with Gasteiger partial charge >= 0.3 is 6.03 Å². The van der Waals surface area contributed by atoms with E-state index in [1.165, 1.54) is 64.3 Å². The number of hydrogen-bond donors (Lipinski definition) is 1. The number of hydrogen-bond acceptors (Lipinski definition) is 4. The first kappa shape index (κ1) is 22.5. The highest BCUT2D eigenvalue weighted by atomic mass is 16.7. The van der Waals surface area contributed by atoms with Crippen LogP contribution in [0.5, 0.6) is 11.5 Å². The molecular weight excluding hydrogens is 426 g/mol. The van der Waals surface area contributed by atoms with Gasteiger partial charge in [0.25, 0.3) is 0 Å². The van der Waals surface area contributed by atoms with Crippen LogP contribution in [-0.2, 0) is 6.54 Å². The predicted octanol–water partition coefficient (Wildman–Crippen LogP) is 5.16. The average molecular weight is 468 g/mol. The minimum atomic E-state index is 0.0420. The van der Waals surface area contributed by atoms with Gasteiger partial charge in [-0.3, -0.25) is 0 Å². The highest BCUT2D eigenvalue weighted by Crippen LogP contribution is 2.55. The lowest BCUT2D eigenvalue weighted by molar-refractivity contribution is -0.0159. The molecule has 1 unspecified atom stereocenters. The third-order valence-electron chi connectivity index (χ3n) is 9.32. The number of nitrogens with one attached hydrogen (secondary N) is 1. The van der Waals surface area contributed by atoms with E-state index in [1.807, 2.05) is 12.1 Å². The Kier molecular flexibility index (Phi) is 6.13. The Bertz CT molecular complexity index is 868. The van der Waals surface area contributed by atoms with E-state index in [-0.39, 0.29) is 18.4 Å². The van der Waals surface area contributed by atoms with Crippen molar-refractivity contribution in [1.29, 1.82) is 0 Å². The Morgan fingerprint density at radius 3 is 2.56 bits per heavy atom. The van der Waals surface area contributed by atoms with Gasteiger partial charge < -0.3 is 24.6 Å². The number of fused-ring (bicyclic) bond motifs is 1. The lowest BCUT2D eigenvalue weighted by atomic mass is 9.53. The number of benzene rings is 1. The number of carbonyl (C=O) groups is 1. The van der Waals surface area contributed by atoms with E-state index in [9.17, 15) is 4.79 Å². The molecule has 2 aliphatic heterocycles. The van der Waals surface area contributed by atoms with Gasteiger partial charge in [0.2, 0.25) is 6.79 Å². The molecule has 1 saturated heterocycles. The summed E-state index contributed by atoms with van der Waals surface area (Å²) < 4.78 is 11.1. The quantitative estimate of drug-likeness (QED) is 0.602. The predicted molar refractivity (Wildman–Crippen MR) is 132 cm³/mol. The molecule has 1 aromatic carbocycles. The van der Waals surface area contributed by atoms with Crippen LogP contribution in [0.4, 0.5) is 4.79 Å². The van der Waals surface area contributed by atoms with Gasteiger partial charge in [0.05, 0.1) is 0 Å². The van der Waals surface area contributed by atoms with Crippen LogP contribution in [-0.4, -0.2) is 53.8 Å². The fourth-order valence-electron chi connectivity index (χ4n) is 8.04. The minimum Gasteiger partial charge on any atom is -0.454 e. The third kappa shape index (κ3) is 4.62. The highest BCUT2D eigenvalue weighted by Gasteiger charge is 2.51. The summed E-state index contributed by atoms with van der Waals surface area (Å²) in [5.74, 6) is 4.08. The number of likely N-dealkylation sites (tertiary alicyclic amines) is 1. The first-order chi connectivity index (χ1) is 16.6. The van der Waals surface area contributed by atoms with Crippen LogP contribution in [0.15, 0.2) is 18.2 Å². The fourth-order valence-corrected chi connectivity index (χ4v) is 8.04. The molecule has 6 nitrogen and oxygen atoms in total. The zero-order chi connectivity index (χ0) is 23.1. The lowest BCUT2D eigenvalue weighted by Crippen LogP contribution is -2.61. The maximum absolute atomic E-state index is 13.8. The number of piperidine rings is 1. The van der Waals surface area contributed by atoms with Crippen LogP contribution in [0.25, 0.3) is 0 Å². The largest absolute Gasteiger partial charge is 0.454 e. The van der Waals surface area contributed by atoms with Crippen LogP contribution in [0.1, 0.15) is 76.7 Å². The molecule has 2 amide bonds. The van der Waals surface area contributed by atoms with Crippen LogP contribution in [0, 0.1) is 17.8 Å². The smallest absolute Gasteiger partial charge is 0.318 e. The summed E-state index contributed by atoms with van der Waals surface area (Å²) in [6, 6.07) is 6.89. The van der Waals surface area contributed by atoms with E-state index in [4.69, 9.17) is 9.47 Å². The Morgan fingerprint density at radius 2 is 1.82 bits per heavy atom. The van der Waals surface area contributed by atoms with Crippen molar-refractivity contribution in [1.82, 2.24) is 15.1 Å². The summed E-state index contributed by atoms with van der Waals surface area (Å²) in [6.07, 6.45) is 12.7. The minimum absolute atomic E-state index is 0.0420. The Balaban J connectivity index is 1.14. The zero-order valence-corrected chi connectivity index (χ0v) is 20.8. The van der Waals surface area contributed by atoms with Crippen molar-refractivity contribution in [3.8, 4) is 11.5 Å². The van der Waals surface area contributed by atoms with Crippen LogP contribution < -0.4 is 14.8 Å². The molecule has 5 fully saturated rings. The van der Waals surface area contributed by atoms with Crippen molar-refractivity contribution >= 4 is 6.03 Å². The highest BCUT2D eigenvalue weighted by molar-refractivity contribution is 5.75. The topological polar surface area (TPSA) is 54.0 Å². The second-order valence-electron chi connectivity index (χ2n) is 12.0. The van der Waals surface area contributed by atoms with E-state index >= 15 is 0 Å². The van der Waals surface area contributed by atoms with E-state index in [0.717, 1.165) is 54.3 Å². The first-order valence-corrected chi connectivity index (χ1v) is 13.7. The number of amides is 2. The number of ether oxygens (including phenoxy) is 2. The number of urea groups is 1. The summed E-state index contributed by atoms with van der Waals surface area (Å²) >= 11 is 0. The van der Waals surface area contributed by atoms with Crippen molar-refractivity contribution in [2.45, 2.75) is 89.3 Å². The van der Waals surface area contributed by atoms with Gasteiger partial charge in [-0.2, -0.15) is 0 Å². The second-order valence-corrected chi connectivity index (χ2v) is 12.0. The molecule has 1 atom stereocenters. The molecule has 4 bridgehead atoms. The third-order valence-corrected chi connectivity index (χ3v) is 9.32. The van der Waals surface area contributed by atoms with E-state index in [2.05, 4.69) is 28.1 Å². The molecule has 1 N–H and O–H groups in total. The van der Waals surface area contributed by atoms with Gasteiger partial charge in [0.1, 0.15) is 0 Å². The molecule has 1 aromatic rings. The Hall–Kier alpha value is -1.95. The summed E-state index contributed by atoms with van der Waals surface area (Å²) in [7, 11) is 0. The fraction of sp³-hybridized carbons (Fsp3) is 0.750. The van der Waals surface area contributed by atoms with Crippen molar-refractivity contribution in [2.75, 3.05) is 26.4 Å². The number of nitrogens with zero attached hydrogens (tertiary/aromatic N) is 2.